The summed E-state index contributed by atoms with van der Waals surface area (Å²) in [4.78, 5) is 25.6. The Kier molecular flexibility index (Phi) is 4.57. The molecule has 1 amide bonds. The summed E-state index contributed by atoms with van der Waals surface area (Å²) >= 11 is 0. The van der Waals surface area contributed by atoms with E-state index in [-0.39, 0.29) is 16.9 Å². The van der Waals surface area contributed by atoms with Gasteiger partial charge in [-0.1, -0.05) is 20.8 Å². The fourth-order valence-corrected chi connectivity index (χ4v) is 3.12. The largest absolute Gasteiger partial charge is 0.444 e. The molecule has 0 aromatic heterocycles. The van der Waals surface area contributed by atoms with E-state index in [1.165, 1.54) is 0 Å². The van der Waals surface area contributed by atoms with Crippen molar-refractivity contribution in [3.8, 4) is 0 Å². The summed E-state index contributed by atoms with van der Waals surface area (Å²) in [6.45, 7) is 12.4. The Morgan fingerprint density at radius 2 is 1.85 bits per heavy atom. The lowest BCUT2D eigenvalue weighted by Crippen LogP contribution is -2.46. The third-order valence-electron chi connectivity index (χ3n) is 3.90. The second-order valence-corrected chi connectivity index (χ2v) is 8.13. The molecule has 0 spiro atoms. The van der Waals surface area contributed by atoms with Crippen molar-refractivity contribution in [1.82, 2.24) is 4.90 Å². The van der Waals surface area contributed by atoms with Crippen LogP contribution in [0.25, 0.3) is 0 Å². The highest BCUT2D eigenvalue weighted by molar-refractivity contribution is 5.85. The number of hydrogen-bond acceptors (Lipinski definition) is 3. The van der Waals surface area contributed by atoms with Gasteiger partial charge in [0.2, 0.25) is 0 Å². The zero-order valence-corrected chi connectivity index (χ0v) is 14.0. The lowest BCUT2D eigenvalue weighted by molar-refractivity contribution is -0.133. The number of ether oxygens (including phenoxy) is 1. The number of Topliss-reactive ketones (excluding diaryl/α,β-unsaturated/α-hetero) is 1. The molecule has 4 nitrogen and oxygen atoms in total. The highest BCUT2D eigenvalue weighted by Crippen LogP contribution is 2.44. The summed E-state index contributed by atoms with van der Waals surface area (Å²) in [5, 5.41) is 0. The molecule has 1 rings (SSSR count). The minimum absolute atomic E-state index is 0.0247. The predicted octanol–water partition coefficient (Wildman–Crippen LogP) is 3.64. The number of carbonyl (C=O) groups excluding carboxylic acids is 2. The van der Waals surface area contributed by atoms with E-state index in [2.05, 4.69) is 6.92 Å². The van der Waals surface area contributed by atoms with Crippen LogP contribution in [0, 0.1) is 10.8 Å². The number of amides is 1. The van der Waals surface area contributed by atoms with E-state index >= 15 is 0 Å². The summed E-state index contributed by atoms with van der Waals surface area (Å²) in [7, 11) is 1.77. The summed E-state index contributed by atoms with van der Waals surface area (Å²) < 4.78 is 5.38. The molecule has 1 aliphatic rings. The first-order valence-corrected chi connectivity index (χ1v) is 7.32. The molecule has 0 heterocycles. The Morgan fingerprint density at radius 1 is 1.30 bits per heavy atom. The highest BCUT2D eigenvalue weighted by Gasteiger charge is 2.43. The molecule has 1 atom stereocenters. The van der Waals surface area contributed by atoms with Gasteiger partial charge in [-0.05, 0) is 39.0 Å². The SMILES string of the molecule is CN(CC1(C)CCC(=O)C(C)(C)C1)C(=O)OC(C)(C)C. The monoisotopic (exact) mass is 283 g/mol. The van der Waals surface area contributed by atoms with Crippen LogP contribution in [-0.2, 0) is 9.53 Å². The van der Waals surface area contributed by atoms with E-state index in [1.54, 1.807) is 11.9 Å². The van der Waals surface area contributed by atoms with E-state index in [0.717, 1.165) is 12.8 Å². The van der Waals surface area contributed by atoms with Gasteiger partial charge in [0.25, 0.3) is 0 Å². The molecule has 1 aliphatic carbocycles. The number of hydrogen-bond donors (Lipinski definition) is 0. The standard InChI is InChI=1S/C16H29NO3/c1-14(2,3)20-13(19)17(7)11-16(6)9-8-12(18)15(4,5)10-16/h8-11H2,1-7H3. The molecule has 0 radical (unpaired) electrons. The molecule has 0 N–H and O–H groups in total. The maximum absolute atomic E-state index is 12.0. The van der Waals surface area contributed by atoms with Gasteiger partial charge in [0.15, 0.2) is 0 Å². The van der Waals surface area contributed by atoms with Crippen LogP contribution in [0.15, 0.2) is 0 Å². The van der Waals surface area contributed by atoms with Crippen molar-refractivity contribution in [2.24, 2.45) is 10.8 Å². The molecule has 0 aromatic carbocycles. The quantitative estimate of drug-likeness (QED) is 0.777. The normalized spacial score (nSPS) is 26.2. The summed E-state index contributed by atoms with van der Waals surface area (Å²) in [5.41, 5.74) is -0.793. The molecule has 1 saturated carbocycles. The smallest absolute Gasteiger partial charge is 0.410 e. The highest BCUT2D eigenvalue weighted by atomic mass is 16.6. The number of nitrogens with zero attached hydrogens (tertiary/aromatic N) is 1. The molecule has 0 aliphatic heterocycles. The average Bonchev–Trinajstić information content (AvgIpc) is 2.20. The Labute approximate surface area is 122 Å². The van der Waals surface area contributed by atoms with Crippen LogP contribution in [-0.4, -0.2) is 36.0 Å². The maximum Gasteiger partial charge on any atom is 0.410 e. The topological polar surface area (TPSA) is 46.6 Å². The van der Waals surface area contributed by atoms with Gasteiger partial charge < -0.3 is 9.64 Å². The number of ketones is 1. The van der Waals surface area contributed by atoms with Crippen molar-refractivity contribution >= 4 is 11.9 Å². The van der Waals surface area contributed by atoms with E-state index < -0.39 is 5.60 Å². The fraction of sp³-hybridized carbons (Fsp3) is 0.875. The minimum Gasteiger partial charge on any atom is -0.444 e. The summed E-state index contributed by atoms with van der Waals surface area (Å²) in [5.74, 6) is 0.329. The van der Waals surface area contributed by atoms with E-state index in [1.807, 2.05) is 34.6 Å². The van der Waals surface area contributed by atoms with Crippen molar-refractivity contribution < 1.29 is 14.3 Å². The van der Waals surface area contributed by atoms with Gasteiger partial charge in [0.1, 0.15) is 11.4 Å². The van der Waals surface area contributed by atoms with Gasteiger partial charge >= 0.3 is 6.09 Å². The third kappa shape index (κ3) is 4.50. The molecule has 1 unspecified atom stereocenters. The molecule has 20 heavy (non-hydrogen) atoms. The molecular formula is C16H29NO3. The van der Waals surface area contributed by atoms with Gasteiger partial charge in [-0.2, -0.15) is 0 Å². The van der Waals surface area contributed by atoms with Crippen LogP contribution in [0.1, 0.15) is 60.8 Å². The van der Waals surface area contributed by atoms with Crippen LogP contribution in [0.2, 0.25) is 0 Å². The zero-order chi connectivity index (χ0) is 15.8. The van der Waals surface area contributed by atoms with Crippen LogP contribution < -0.4 is 0 Å². The van der Waals surface area contributed by atoms with E-state index in [9.17, 15) is 9.59 Å². The van der Waals surface area contributed by atoms with Crippen LogP contribution in [0.3, 0.4) is 0 Å². The molecule has 0 aromatic rings. The van der Waals surface area contributed by atoms with Crippen molar-refractivity contribution in [2.45, 2.75) is 66.4 Å². The van der Waals surface area contributed by atoms with Crippen LogP contribution in [0.5, 0.6) is 0 Å². The number of rotatable bonds is 2. The van der Waals surface area contributed by atoms with Gasteiger partial charge in [0, 0.05) is 25.4 Å². The van der Waals surface area contributed by atoms with Crippen molar-refractivity contribution in [3.05, 3.63) is 0 Å². The Hall–Kier alpha value is -1.06. The van der Waals surface area contributed by atoms with Crippen molar-refractivity contribution in [2.75, 3.05) is 13.6 Å². The molecular weight excluding hydrogens is 254 g/mol. The lowest BCUT2D eigenvalue weighted by Gasteiger charge is -2.43. The molecule has 116 valence electrons. The van der Waals surface area contributed by atoms with E-state index in [0.29, 0.717) is 18.7 Å². The predicted molar refractivity (Wildman–Crippen MR) is 79.6 cm³/mol. The third-order valence-corrected chi connectivity index (χ3v) is 3.90. The summed E-state index contributed by atoms with van der Waals surface area (Å²) in [6, 6.07) is 0. The second-order valence-electron chi connectivity index (χ2n) is 8.13. The van der Waals surface area contributed by atoms with Gasteiger partial charge in [-0.25, -0.2) is 4.79 Å². The molecule has 4 heteroatoms. The zero-order valence-electron chi connectivity index (χ0n) is 14.0. The van der Waals surface area contributed by atoms with Gasteiger partial charge in [0.05, 0.1) is 0 Å². The van der Waals surface area contributed by atoms with E-state index in [4.69, 9.17) is 4.74 Å². The lowest BCUT2D eigenvalue weighted by atomic mass is 9.63. The first kappa shape index (κ1) is 17.0. The Bertz CT molecular complexity index is 395. The fourth-order valence-electron chi connectivity index (χ4n) is 3.12. The van der Waals surface area contributed by atoms with Crippen molar-refractivity contribution in [3.63, 3.8) is 0 Å². The van der Waals surface area contributed by atoms with Crippen LogP contribution in [0.4, 0.5) is 4.79 Å². The molecule has 1 fully saturated rings. The minimum atomic E-state index is -0.478. The van der Waals surface area contributed by atoms with Gasteiger partial charge in [-0.15, -0.1) is 0 Å². The number of carbonyl (C=O) groups is 2. The molecule has 0 saturated heterocycles. The first-order valence-electron chi connectivity index (χ1n) is 7.32. The Morgan fingerprint density at radius 3 is 2.30 bits per heavy atom. The molecule has 0 bridgehead atoms. The average molecular weight is 283 g/mol. The maximum atomic E-state index is 12.0. The summed E-state index contributed by atoms with van der Waals surface area (Å²) in [6.07, 6.45) is 1.95. The van der Waals surface area contributed by atoms with Crippen molar-refractivity contribution in [1.29, 1.82) is 0 Å². The van der Waals surface area contributed by atoms with Gasteiger partial charge in [-0.3, -0.25) is 4.79 Å². The second kappa shape index (κ2) is 5.38. The Balaban J connectivity index is 2.67. The first-order chi connectivity index (χ1) is 8.85. The van der Waals surface area contributed by atoms with Crippen LogP contribution >= 0.6 is 0 Å².